The number of non-ortho nitro benzene ring substituents is 1. The van der Waals surface area contributed by atoms with E-state index in [9.17, 15) is 14.9 Å². The highest BCUT2D eigenvalue weighted by molar-refractivity contribution is 5.90. The maximum absolute atomic E-state index is 12.3. The standard InChI is InChI=1S/C20H18N4O3/c25-20(21-10-8-14-12-22-17-5-2-1-4-15(14)17)13-23-11-9-16-18(23)6-3-7-19(16)24(26)27/h1-7,9,11-12,22H,8,10,13H2,(H,21,25). The van der Waals surface area contributed by atoms with E-state index >= 15 is 0 Å². The van der Waals surface area contributed by atoms with Gasteiger partial charge in [0, 0.05) is 35.9 Å². The molecule has 0 aliphatic heterocycles. The van der Waals surface area contributed by atoms with Crippen molar-refractivity contribution in [3.8, 4) is 0 Å². The molecule has 0 atom stereocenters. The fourth-order valence-electron chi connectivity index (χ4n) is 3.39. The average Bonchev–Trinajstić information content (AvgIpc) is 3.26. The van der Waals surface area contributed by atoms with E-state index in [-0.39, 0.29) is 18.1 Å². The molecule has 0 aliphatic carbocycles. The quantitative estimate of drug-likeness (QED) is 0.407. The number of rotatable bonds is 6. The van der Waals surface area contributed by atoms with Crippen LogP contribution in [0.4, 0.5) is 5.69 Å². The van der Waals surface area contributed by atoms with Crippen molar-refractivity contribution in [3.63, 3.8) is 0 Å². The van der Waals surface area contributed by atoms with Gasteiger partial charge in [0.15, 0.2) is 0 Å². The van der Waals surface area contributed by atoms with Gasteiger partial charge in [-0.1, -0.05) is 24.3 Å². The van der Waals surface area contributed by atoms with Crippen LogP contribution in [0.5, 0.6) is 0 Å². The fourth-order valence-corrected chi connectivity index (χ4v) is 3.39. The molecule has 0 saturated heterocycles. The van der Waals surface area contributed by atoms with Crippen LogP contribution in [0.3, 0.4) is 0 Å². The summed E-state index contributed by atoms with van der Waals surface area (Å²) < 4.78 is 1.73. The van der Waals surface area contributed by atoms with Crippen LogP contribution >= 0.6 is 0 Å². The summed E-state index contributed by atoms with van der Waals surface area (Å²) in [6.07, 6.45) is 4.40. The minimum absolute atomic E-state index is 0.0472. The first-order chi connectivity index (χ1) is 13.1. The van der Waals surface area contributed by atoms with Gasteiger partial charge in [0.1, 0.15) is 6.54 Å². The number of hydrogen-bond acceptors (Lipinski definition) is 3. The van der Waals surface area contributed by atoms with Crippen molar-refractivity contribution in [2.75, 3.05) is 6.54 Å². The smallest absolute Gasteiger partial charge is 0.278 e. The van der Waals surface area contributed by atoms with Gasteiger partial charge in [0.2, 0.25) is 5.91 Å². The van der Waals surface area contributed by atoms with E-state index in [4.69, 9.17) is 0 Å². The number of nitro groups is 1. The molecule has 0 spiro atoms. The number of hydrogen-bond donors (Lipinski definition) is 2. The summed E-state index contributed by atoms with van der Waals surface area (Å²) in [6, 6.07) is 14.6. The highest BCUT2D eigenvalue weighted by atomic mass is 16.6. The molecule has 0 aliphatic rings. The van der Waals surface area contributed by atoms with Crippen LogP contribution in [0, 0.1) is 10.1 Å². The maximum atomic E-state index is 12.3. The van der Waals surface area contributed by atoms with Crippen molar-refractivity contribution in [3.05, 3.63) is 76.6 Å². The van der Waals surface area contributed by atoms with Crippen LogP contribution in [-0.4, -0.2) is 26.9 Å². The molecule has 2 aromatic carbocycles. The van der Waals surface area contributed by atoms with Crippen LogP contribution in [0.1, 0.15) is 5.56 Å². The van der Waals surface area contributed by atoms with Gasteiger partial charge in [0.05, 0.1) is 15.8 Å². The summed E-state index contributed by atoms with van der Waals surface area (Å²) in [5.41, 5.74) is 2.97. The molecule has 0 bridgehead atoms. The van der Waals surface area contributed by atoms with Crippen molar-refractivity contribution in [2.45, 2.75) is 13.0 Å². The summed E-state index contributed by atoms with van der Waals surface area (Å²) in [5.74, 6) is -0.126. The van der Waals surface area contributed by atoms with Crippen LogP contribution in [0.25, 0.3) is 21.8 Å². The van der Waals surface area contributed by atoms with Crippen molar-refractivity contribution < 1.29 is 9.72 Å². The summed E-state index contributed by atoms with van der Waals surface area (Å²) in [5, 5.41) is 15.7. The van der Waals surface area contributed by atoms with Gasteiger partial charge in [-0.05, 0) is 30.2 Å². The SMILES string of the molecule is O=C(Cn1ccc2c([N+](=O)[O-])cccc21)NCCc1c[nH]c2ccccc12. The highest BCUT2D eigenvalue weighted by Gasteiger charge is 2.15. The van der Waals surface area contributed by atoms with Gasteiger partial charge >= 0.3 is 0 Å². The summed E-state index contributed by atoms with van der Waals surface area (Å²) in [4.78, 5) is 26.2. The minimum atomic E-state index is -0.409. The monoisotopic (exact) mass is 362 g/mol. The van der Waals surface area contributed by atoms with Gasteiger partial charge < -0.3 is 14.9 Å². The maximum Gasteiger partial charge on any atom is 0.278 e. The molecule has 27 heavy (non-hydrogen) atoms. The van der Waals surface area contributed by atoms with Crippen LogP contribution in [0.2, 0.25) is 0 Å². The molecule has 2 heterocycles. The first kappa shape index (κ1) is 16.8. The Bertz CT molecular complexity index is 1140. The lowest BCUT2D eigenvalue weighted by molar-refractivity contribution is -0.383. The Morgan fingerprint density at radius 1 is 1.11 bits per heavy atom. The van der Waals surface area contributed by atoms with E-state index in [0.717, 1.165) is 22.9 Å². The average molecular weight is 362 g/mol. The Hall–Kier alpha value is -3.61. The largest absolute Gasteiger partial charge is 0.361 e. The Morgan fingerprint density at radius 2 is 1.96 bits per heavy atom. The first-order valence-electron chi connectivity index (χ1n) is 8.67. The molecule has 7 heteroatoms. The summed E-state index contributed by atoms with van der Waals surface area (Å²) in [7, 11) is 0. The first-order valence-corrected chi connectivity index (χ1v) is 8.67. The molecule has 136 valence electrons. The minimum Gasteiger partial charge on any atom is -0.361 e. The number of para-hydroxylation sites is 1. The summed E-state index contributed by atoms with van der Waals surface area (Å²) >= 11 is 0. The van der Waals surface area contributed by atoms with E-state index in [0.29, 0.717) is 17.4 Å². The van der Waals surface area contributed by atoms with E-state index < -0.39 is 4.92 Å². The third-order valence-corrected chi connectivity index (χ3v) is 4.69. The number of nitrogens with one attached hydrogen (secondary N) is 2. The Balaban J connectivity index is 1.40. The molecular weight excluding hydrogens is 344 g/mol. The number of amides is 1. The third kappa shape index (κ3) is 3.27. The molecule has 4 aromatic rings. The molecular formula is C20H18N4O3. The van der Waals surface area contributed by atoms with E-state index in [1.54, 1.807) is 29.0 Å². The molecule has 0 unspecified atom stereocenters. The topological polar surface area (TPSA) is 93.0 Å². The number of benzene rings is 2. The second-order valence-corrected chi connectivity index (χ2v) is 6.37. The third-order valence-electron chi connectivity index (χ3n) is 4.69. The van der Waals surface area contributed by atoms with Crippen molar-refractivity contribution in [1.29, 1.82) is 0 Å². The van der Waals surface area contributed by atoms with Crippen LogP contribution in [0.15, 0.2) is 60.9 Å². The number of nitro benzene ring substituents is 1. The molecule has 2 N–H and O–H groups in total. The molecule has 0 saturated carbocycles. The van der Waals surface area contributed by atoms with Gasteiger partial charge in [-0.2, -0.15) is 0 Å². The molecule has 4 rings (SSSR count). The van der Waals surface area contributed by atoms with Crippen molar-refractivity contribution in [1.82, 2.24) is 14.9 Å². The number of fused-ring (bicyclic) bond motifs is 2. The van der Waals surface area contributed by atoms with Gasteiger partial charge in [-0.15, -0.1) is 0 Å². The van der Waals surface area contributed by atoms with Crippen molar-refractivity contribution >= 4 is 33.4 Å². The van der Waals surface area contributed by atoms with Gasteiger partial charge in [-0.25, -0.2) is 0 Å². The van der Waals surface area contributed by atoms with Gasteiger partial charge in [0.25, 0.3) is 5.69 Å². The van der Waals surface area contributed by atoms with E-state index in [1.165, 1.54) is 6.07 Å². The molecule has 7 nitrogen and oxygen atoms in total. The normalized spacial score (nSPS) is 11.1. The number of H-pyrrole nitrogens is 1. The Morgan fingerprint density at radius 3 is 2.81 bits per heavy atom. The number of aromatic amines is 1. The zero-order chi connectivity index (χ0) is 18.8. The van der Waals surface area contributed by atoms with Crippen LogP contribution < -0.4 is 5.32 Å². The molecule has 2 aromatic heterocycles. The number of aromatic nitrogens is 2. The molecule has 0 radical (unpaired) electrons. The van der Waals surface area contributed by atoms with E-state index in [2.05, 4.69) is 16.4 Å². The Kier molecular flexibility index (Phi) is 4.33. The van der Waals surface area contributed by atoms with Gasteiger partial charge in [-0.3, -0.25) is 14.9 Å². The van der Waals surface area contributed by atoms with Crippen LogP contribution in [-0.2, 0) is 17.8 Å². The summed E-state index contributed by atoms with van der Waals surface area (Å²) in [6.45, 7) is 0.651. The highest BCUT2D eigenvalue weighted by Crippen LogP contribution is 2.26. The molecule has 0 fully saturated rings. The lowest BCUT2D eigenvalue weighted by Crippen LogP contribution is -2.29. The fraction of sp³-hybridized carbons (Fsp3) is 0.150. The lowest BCUT2D eigenvalue weighted by atomic mass is 10.1. The predicted octanol–water partition coefficient (Wildman–Crippen LogP) is 3.39. The predicted molar refractivity (Wildman–Crippen MR) is 104 cm³/mol. The molecule has 1 amide bonds. The Labute approximate surface area is 154 Å². The zero-order valence-electron chi connectivity index (χ0n) is 14.5. The lowest BCUT2D eigenvalue weighted by Gasteiger charge is -2.07. The second-order valence-electron chi connectivity index (χ2n) is 6.37. The zero-order valence-corrected chi connectivity index (χ0v) is 14.5. The number of carbonyl (C=O) groups excluding carboxylic acids is 1. The number of carbonyl (C=O) groups is 1. The van der Waals surface area contributed by atoms with E-state index in [1.807, 2.05) is 24.4 Å². The number of nitrogens with zero attached hydrogens (tertiary/aromatic N) is 2. The second kappa shape index (κ2) is 6.95. The van der Waals surface area contributed by atoms with Crippen molar-refractivity contribution in [2.24, 2.45) is 0 Å².